The molecule has 1 aromatic heterocycles. The Morgan fingerprint density at radius 1 is 1.24 bits per heavy atom. The fraction of sp³-hybridized carbons (Fsp3) is 0.154. The monoisotopic (exact) mass is 326 g/mol. The van der Waals surface area contributed by atoms with E-state index in [0.29, 0.717) is 12.2 Å². The van der Waals surface area contributed by atoms with Gasteiger partial charge in [0.1, 0.15) is 5.78 Å². The van der Waals surface area contributed by atoms with Crippen molar-refractivity contribution in [2.75, 3.05) is 5.75 Å². The van der Waals surface area contributed by atoms with E-state index in [0.717, 1.165) is 14.2 Å². The van der Waals surface area contributed by atoms with Gasteiger partial charge in [-0.05, 0) is 35.7 Å². The second-order valence-corrected chi connectivity index (χ2v) is 6.53. The van der Waals surface area contributed by atoms with Crippen LogP contribution in [0, 0.1) is 0 Å². The maximum absolute atomic E-state index is 11.7. The molecule has 17 heavy (non-hydrogen) atoms. The number of Topliss-reactive ketones (excluding diaryl/α,β-unsaturated/α-hetero) is 1. The summed E-state index contributed by atoms with van der Waals surface area (Å²) in [5, 5.41) is 2.00. The molecule has 88 valence electrons. The Morgan fingerprint density at radius 3 is 2.65 bits per heavy atom. The first-order valence-corrected chi connectivity index (χ1v) is 7.82. The number of thioether (sulfide) groups is 1. The van der Waals surface area contributed by atoms with Crippen LogP contribution in [-0.2, 0) is 11.2 Å². The summed E-state index contributed by atoms with van der Waals surface area (Å²) in [5.41, 5.74) is 0. The van der Waals surface area contributed by atoms with Gasteiger partial charge in [-0.3, -0.25) is 4.79 Å². The van der Waals surface area contributed by atoms with Crippen LogP contribution < -0.4 is 0 Å². The molecule has 0 aliphatic rings. The lowest BCUT2D eigenvalue weighted by molar-refractivity contribution is -0.115. The minimum absolute atomic E-state index is 0.278. The van der Waals surface area contributed by atoms with E-state index >= 15 is 0 Å². The molecule has 0 spiro atoms. The van der Waals surface area contributed by atoms with Gasteiger partial charge in [0, 0.05) is 20.7 Å². The van der Waals surface area contributed by atoms with Crippen LogP contribution in [0.15, 0.2) is 51.1 Å². The molecule has 0 saturated carbocycles. The molecule has 0 fully saturated rings. The zero-order valence-corrected chi connectivity index (χ0v) is 12.3. The lowest BCUT2D eigenvalue weighted by Crippen LogP contribution is -2.04. The van der Waals surface area contributed by atoms with Gasteiger partial charge in [0.25, 0.3) is 0 Å². The van der Waals surface area contributed by atoms with Crippen molar-refractivity contribution in [3.05, 3.63) is 51.1 Å². The number of carbonyl (C=O) groups is 1. The number of thiophene rings is 1. The molecule has 0 aliphatic heterocycles. The maximum atomic E-state index is 11.7. The van der Waals surface area contributed by atoms with Crippen LogP contribution in [0.25, 0.3) is 0 Å². The predicted molar refractivity (Wildman–Crippen MR) is 77.9 cm³/mol. The third-order valence-corrected chi connectivity index (χ3v) is 4.64. The van der Waals surface area contributed by atoms with E-state index < -0.39 is 0 Å². The minimum atomic E-state index is 0.278. The molecule has 0 N–H and O–H groups in total. The van der Waals surface area contributed by atoms with Crippen molar-refractivity contribution in [3.63, 3.8) is 0 Å². The lowest BCUT2D eigenvalue weighted by atomic mass is 10.3. The molecule has 0 aliphatic carbocycles. The molecule has 0 atom stereocenters. The number of hydrogen-bond donors (Lipinski definition) is 0. The van der Waals surface area contributed by atoms with Gasteiger partial charge in [-0.25, -0.2) is 0 Å². The Morgan fingerprint density at radius 2 is 2.00 bits per heavy atom. The second kappa shape index (κ2) is 6.38. The second-order valence-electron chi connectivity index (χ2n) is 3.54. The maximum Gasteiger partial charge on any atom is 0.148 e. The summed E-state index contributed by atoms with van der Waals surface area (Å²) in [6.07, 6.45) is 0.557. The number of carbonyl (C=O) groups excluding carboxylic acids is 1. The number of ketones is 1. The van der Waals surface area contributed by atoms with Crippen LogP contribution in [0.5, 0.6) is 0 Å². The molecule has 1 aromatic carbocycles. The van der Waals surface area contributed by atoms with Crippen LogP contribution in [0.3, 0.4) is 0 Å². The quantitative estimate of drug-likeness (QED) is 0.757. The van der Waals surface area contributed by atoms with Crippen molar-refractivity contribution in [1.29, 1.82) is 0 Å². The fourth-order valence-corrected chi connectivity index (χ4v) is 3.11. The van der Waals surface area contributed by atoms with Crippen LogP contribution in [-0.4, -0.2) is 11.5 Å². The van der Waals surface area contributed by atoms with E-state index in [9.17, 15) is 4.79 Å². The molecule has 1 heterocycles. The van der Waals surface area contributed by atoms with Gasteiger partial charge in [-0.1, -0.05) is 22.0 Å². The zero-order valence-electron chi connectivity index (χ0n) is 9.06. The van der Waals surface area contributed by atoms with E-state index in [1.165, 1.54) is 0 Å². The standard InChI is InChI=1S/C13H11BrOS2/c14-10-3-5-12(6-4-10)17-9-11(15)8-13-2-1-7-16-13/h1-7H,8-9H2. The van der Waals surface area contributed by atoms with E-state index in [2.05, 4.69) is 15.9 Å². The summed E-state index contributed by atoms with van der Waals surface area (Å²) in [6, 6.07) is 12.0. The number of hydrogen-bond acceptors (Lipinski definition) is 3. The summed E-state index contributed by atoms with van der Waals surface area (Å²) < 4.78 is 1.06. The van der Waals surface area contributed by atoms with E-state index in [4.69, 9.17) is 0 Å². The molecule has 0 saturated heterocycles. The minimum Gasteiger partial charge on any atom is -0.298 e. The molecule has 4 heteroatoms. The fourth-order valence-electron chi connectivity index (χ4n) is 1.35. The first kappa shape index (κ1) is 12.9. The van der Waals surface area contributed by atoms with Gasteiger partial charge in [-0.2, -0.15) is 0 Å². The van der Waals surface area contributed by atoms with Crippen molar-refractivity contribution in [3.8, 4) is 0 Å². The van der Waals surface area contributed by atoms with Gasteiger partial charge in [0.05, 0.1) is 5.75 Å². The number of benzene rings is 1. The summed E-state index contributed by atoms with van der Waals surface area (Å²) in [5.74, 6) is 0.819. The zero-order chi connectivity index (χ0) is 12.1. The SMILES string of the molecule is O=C(CSc1ccc(Br)cc1)Cc1cccs1. The van der Waals surface area contributed by atoms with E-state index in [-0.39, 0.29) is 5.78 Å². The van der Waals surface area contributed by atoms with Crippen molar-refractivity contribution in [1.82, 2.24) is 0 Å². The van der Waals surface area contributed by atoms with E-state index in [1.807, 2.05) is 41.8 Å². The highest BCUT2D eigenvalue weighted by Crippen LogP contribution is 2.21. The molecule has 2 aromatic rings. The lowest BCUT2D eigenvalue weighted by Gasteiger charge is -2.00. The highest BCUT2D eigenvalue weighted by atomic mass is 79.9. The third kappa shape index (κ3) is 4.30. The van der Waals surface area contributed by atoms with Crippen LogP contribution >= 0.6 is 39.0 Å². The summed E-state index contributed by atoms with van der Waals surface area (Å²) >= 11 is 6.62. The molecule has 0 unspecified atom stereocenters. The van der Waals surface area contributed by atoms with Gasteiger partial charge in [0.2, 0.25) is 0 Å². The van der Waals surface area contributed by atoms with Crippen molar-refractivity contribution >= 4 is 44.8 Å². The molecule has 0 bridgehead atoms. The average Bonchev–Trinajstić information content (AvgIpc) is 2.81. The Balaban J connectivity index is 1.82. The van der Waals surface area contributed by atoms with Gasteiger partial charge >= 0.3 is 0 Å². The van der Waals surface area contributed by atoms with Crippen LogP contribution in [0.1, 0.15) is 4.88 Å². The van der Waals surface area contributed by atoms with Crippen molar-refractivity contribution in [2.24, 2.45) is 0 Å². The molecular formula is C13H11BrOS2. The Bertz CT molecular complexity index is 477. The molecule has 0 radical (unpaired) electrons. The van der Waals surface area contributed by atoms with E-state index in [1.54, 1.807) is 23.1 Å². The number of halogens is 1. The Kier molecular flexibility index (Phi) is 4.83. The van der Waals surface area contributed by atoms with Crippen molar-refractivity contribution < 1.29 is 4.79 Å². The normalized spacial score (nSPS) is 10.4. The van der Waals surface area contributed by atoms with Crippen LogP contribution in [0.4, 0.5) is 0 Å². The molecule has 1 nitrogen and oxygen atoms in total. The van der Waals surface area contributed by atoms with Gasteiger partial charge in [0.15, 0.2) is 0 Å². The predicted octanol–water partition coefficient (Wildman–Crippen LogP) is 4.41. The first-order chi connectivity index (χ1) is 8.24. The Hall–Kier alpha value is -0.580. The molecule has 0 amide bonds. The van der Waals surface area contributed by atoms with Gasteiger partial charge < -0.3 is 0 Å². The topological polar surface area (TPSA) is 17.1 Å². The van der Waals surface area contributed by atoms with Gasteiger partial charge in [-0.15, -0.1) is 23.1 Å². The highest BCUT2D eigenvalue weighted by Gasteiger charge is 2.05. The summed E-state index contributed by atoms with van der Waals surface area (Å²) in [4.78, 5) is 14.0. The van der Waals surface area contributed by atoms with Crippen molar-refractivity contribution in [2.45, 2.75) is 11.3 Å². The number of rotatable bonds is 5. The third-order valence-electron chi connectivity index (χ3n) is 2.16. The first-order valence-electron chi connectivity index (χ1n) is 5.16. The van der Waals surface area contributed by atoms with Crippen LogP contribution in [0.2, 0.25) is 0 Å². The molecular weight excluding hydrogens is 316 g/mol. The Labute approximate surface area is 117 Å². The molecule has 2 rings (SSSR count). The smallest absolute Gasteiger partial charge is 0.148 e. The summed E-state index contributed by atoms with van der Waals surface area (Å²) in [7, 11) is 0. The highest BCUT2D eigenvalue weighted by molar-refractivity contribution is 9.10. The summed E-state index contributed by atoms with van der Waals surface area (Å²) in [6.45, 7) is 0. The largest absolute Gasteiger partial charge is 0.298 e. The average molecular weight is 327 g/mol.